The molecule has 1 aliphatic heterocycles. The highest BCUT2D eigenvalue weighted by Crippen LogP contribution is 2.38. The van der Waals surface area contributed by atoms with Crippen molar-refractivity contribution in [2.45, 2.75) is 34.1 Å². The molecule has 0 aliphatic carbocycles. The highest BCUT2D eigenvalue weighted by Gasteiger charge is 2.37. The van der Waals surface area contributed by atoms with E-state index in [9.17, 15) is 9.59 Å². The summed E-state index contributed by atoms with van der Waals surface area (Å²) in [6.07, 6.45) is 0.900. The van der Waals surface area contributed by atoms with E-state index in [2.05, 4.69) is 19.2 Å². The van der Waals surface area contributed by atoms with Gasteiger partial charge in [0.2, 0.25) is 5.91 Å². The summed E-state index contributed by atoms with van der Waals surface area (Å²) >= 11 is 0. The van der Waals surface area contributed by atoms with Crippen molar-refractivity contribution < 1.29 is 19.1 Å². The molecule has 1 aliphatic rings. The maximum Gasteiger partial charge on any atom is 0.255 e. The van der Waals surface area contributed by atoms with Gasteiger partial charge >= 0.3 is 0 Å². The second-order valence-electron chi connectivity index (χ2n) is 8.68. The molecule has 6 nitrogen and oxygen atoms in total. The van der Waals surface area contributed by atoms with Gasteiger partial charge in [-0.3, -0.25) is 9.59 Å². The Morgan fingerprint density at radius 3 is 2.53 bits per heavy atom. The van der Waals surface area contributed by atoms with E-state index in [1.54, 1.807) is 43.5 Å². The van der Waals surface area contributed by atoms with Crippen molar-refractivity contribution in [2.24, 2.45) is 11.3 Å². The van der Waals surface area contributed by atoms with Crippen LogP contribution < -0.4 is 19.7 Å². The van der Waals surface area contributed by atoms with Crippen LogP contribution >= 0.6 is 0 Å². The third-order valence-corrected chi connectivity index (χ3v) is 5.20. The molecule has 0 fully saturated rings. The number of carbonyl (C=O) groups is 2. The molecule has 0 bridgehead atoms. The molecule has 6 heteroatoms. The van der Waals surface area contributed by atoms with Gasteiger partial charge < -0.3 is 19.7 Å². The van der Waals surface area contributed by atoms with E-state index in [4.69, 9.17) is 9.47 Å². The zero-order valence-electron chi connectivity index (χ0n) is 18.3. The Labute approximate surface area is 178 Å². The maximum absolute atomic E-state index is 13.1. The largest absolute Gasteiger partial charge is 0.497 e. The number of nitrogens with zero attached hydrogens (tertiary/aromatic N) is 1. The van der Waals surface area contributed by atoms with Crippen molar-refractivity contribution in [3.05, 3.63) is 48.0 Å². The van der Waals surface area contributed by atoms with Crippen LogP contribution in [0.25, 0.3) is 0 Å². The number of hydrogen-bond donors (Lipinski definition) is 1. The summed E-state index contributed by atoms with van der Waals surface area (Å²) in [6.45, 7) is 9.00. The highest BCUT2D eigenvalue weighted by atomic mass is 16.5. The number of anilines is 2. The molecule has 1 N–H and O–H groups in total. The van der Waals surface area contributed by atoms with E-state index >= 15 is 0 Å². The minimum Gasteiger partial charge on any atom is -0.497 e. The van der Waals surface area contributed by atoms with Crippen molar-refractivity contribution in [2.75, 3.05) is 30.5 Å². The average Bonchev–Trinajstić information content (AvgIpc) is 2.81. The van der Waals surface area contributed by atoms with Crippen LogP contribution in [0.5, 0.6) is 11.5 Å². The summed E-state index contributed by atoms with van der Waals surface area (Å²) in [5, 5.41) is 2.90. The van der Waals surface area contributed by atoms with Gasteiger partial charge in [-0.15, -0.1) is 0 Å². The van der Waals surface area contributed by atoms with Gasteiger partial charge in [-0.05, 0) is 62.6 Å². The van der Waals surface area contributed by atoms with Crippen LogP contribution in [0.3, 0.4) is 0 Å². The summed E-state index contributed by atoms with van der Waals surface area (Å²) < 4.78 is 11.1. The molecule has 30 heavy (non-hydrogen) atoms. The fourth-order valence-corrected chi connectivity index (χ4v) is 3.28. The van der Waals surface area contributed by atoms with E-state index < -0.39 is 5.41 Å². The topological polar surface area (TPSA) is 67.9 Å². The van der Waals surface area contributed by atoms with Crippen molar-refractivity contribution >= 4 is 23.2 Å². The normalized spacial score (nSPS) is 15.3. The minimum absolute atomic E-state index is 0.0527. The molecule has 2 amide bonds. The summed E-state index contributed by atoms with van der Waals surface area (Å²) in [5.74, 6) is 1.61. The Hall–Kier alpha value is -3.02. The van der Waals surface area contributed by atoms with Gasteiger partial charge in [0, 0.05) is 23.9 Å². The number of rotatable bonds is 6. The Morgan fingerprint density at radius 1 is 1.20 bits per heavy atom. The molecule has 2 aromatic rings. The van der Waals surface area contributed by atoms with Crippen LogP contribution in [-0.4, -0.2) is 32.1 Å². The predicted molar refractivity (Wildman–Crippen MR) is 118 cm³/mol. The smallest absolute Gasteiger partial charge is 0.255 e. The molecule has 1 heterocycles. The zero-order chi connectivity index (χ0) is 21.9. The van der Waals surface area contributed by atoms with Crippen LogP contribution in [-0.2, 0) is 4.79 Å². The Kier molecular flexibility index (Phi) is 6.34. The lowest BCUT2D eigenvalue weighted by Gasteiger charge is -2.28. The summed E-state index contributed by atoms with van der Waals surface area (Å²) in [5.41, 5.74) is 1.27. The number of fused-ring (bicyclic) bond motifs is 1. The molecule has 0 spiro atoms. The van der Waals surface area contributed by atoms with Crippen LogP contribution in [0.15, 0.2) is 42.5 Å². The molecule has 3 rings (SSSR count). The quantitative estimate of drug-likeness (QED) is 0.747. The van der Waals surface area contributed by atoms with Crippen molar-refractivity contribution in [3.8, 4) is 11.5 Å². The molecule has 2 aromatic carbocycles. The lowest BCUT2D eigenvalue weighted by molar-refractivity contribution is -0.127. The lowest BCUT2D eigenvalue weighted by atomic mass is 9.92. The maximum atomic E-state index is 13.1. The van der Waals surface area contributed by atoms with E-state index in [0.717, 1.165) is 12.1 Å². The van der Waals surface area contributed by atoms with Crippen LogP contribution in [0.4, 0.5) is 11.4 Å². The first-order valence-electron chi connectivity index (χ1n) is 10.3. The molecule has 0 radical (unpaired) electrons. The van der Waals surface area contributed by atoms with Crippen LogP contribution in [0.2, 0.25) is 0 Å². The van der Waals surface area contributed by atoms with Crippen LogP contribution in [0.1, 0.15) is 44.5 Å². The van der Waals surface area contributed by atoms with Gasteiger partial charge in [0.05, 0.1) is 18.2 Å². The van der Waals surface area contributed by atoms with E-state index in [1.807, 2.05) is 24.8 Å². The monoisotopic (exact) mass is 410 g/mol. The predicted octanol–water partition coefficient (Wildman–Crippen LogP) is 4.75. The van der Waals surface area contributed by atoms with Gasteiger partial charge in [0.1, 0.15) is 18.1 Å². The number of hydrogen-bond acceptors (Lipinski definition) is 4. The first-order chi connectivity index (χ1) is 14.2. The SMILES string of the molecule is COc1ccc(C(=O)Nc2ccc3c(c2)OCC(C)(C)C(=O)N3CCC(C)C)cc1. The molecular formula is C24H30N2O4. The zero-order valence-corrected chi connectivity index (χ0v) is 18.3. The number of benzene rings is 2. The molecule has 0 unspecified atom stereocenters. The van der Waals surface area contributed by atoms with Gasteiger partial charge in [-0.25, -0.2) is 0 Å². The van der Waals surface area contributed by atoms with Gasteiger partial charge in [0.15, 0.2) is 0 Å². The standard InChI is InChI=1S/C24H30N2O4/c1-16(2)12-13-26-20-11-8-18(14-21(20)30-15-24(3,4)23(26)28)25-22(27)17-6-9-19(29-5)10-7-17/h6-11,14,16H,12-13,15H2,1-5H3,(H,25,27). The third kappa shape index (κ3) is 4.75. The van der Waals surface area contributed by atoms with E-state index in [0.29, 0.717) is 35.2 Å². The average molecular weight is 411 g/mol. The third-order valence-electron chi connectivity index (χ3n) is 5.20. The molecule has 0 saturated heterocycles. The first kappa shape index (κ1) is 21.7. The van der Waals surface area contributed by atoms with E-state index in [1.165, 1.54) is 0 Å². The lowest BCUT2D eigenvalue weighted by Crippen LogP contribution is -2.42. The minimum atomic E-state index is -0.623. The second-order valence-corrected chi connectivity index (χ2v) is 8.68. The fourth-order valence-electron chi connectivity index (χ4n) is 3.28. The number of methoxy groups -OCH3 is 1. The van der Waals surface area contributed by atoms with E-state index in [-0.39, 0.29) is 18.4 Å². The summed E-state index contributed by atoms with van der Waals surface area (Å²) in [6, 6.07) is 12.3. The van der Waals surface area contributed by atoms with Gasteiger partial charge in [-0.2, -0.15) is 0 Å². The highest BCUT2D eigenvalue weighted by molar-refractivity contribution is 6.05. The molecule has 0 aromatic heterocycles. The van der Waals surface area contributed by atoms with Crippen molar-refractivity contribution in [1.82, 2.24) is 0 Å². The number of carbonyl (C=O) groups excluding carboxylic acids is 2. The number of nitrogens with one attached hydrogen (secondary N) is 1. The second kappa shape index (κ2) is 8.78. The van der Waals surface area contributed by atoms with Gasteiger partial charge in [-0.1, -0.05) is 13.8 Å². The Balaban J connectivity index is 1.84. The van der Waals surface area contributed by atoms with Gasteiger partial charge in [0.25, 0.3) is 5.91 Å². The number of amides is 2. The van der Waals surface area contributed by atoms with Crippen LogP contribution in [0, 0.1) is 11.3 Å². The molecule has 160 valence electrons. The first-order valence-corrected chi connectivity index (χ1v) is 10.3. The Bertz CT molecular complexity index is 919. The molecule has 0 atom stereocenters. The Morgan fingerprint density at radius 2 is 1.90 bits per heavy atom. The fraction of sp³-hybridized carbons (Fsp3) is 0.417. The summed E-state index contributed by atoms with van der Waals surface area (Å²) in [4.78, 5) is 27.5. The molecular weight excluding hydrogens is 380 g/mol. The summed E-state index contributed by atoms with van der Waals surface area (Å²) in [7, 11) is 1.58. The number of ether oxygens (including phenoxy) is 2. The van der Waals surface area contributed by atoms with Crippen molar-refractivity contribution in [1.29, 1.82) is 0 Å². The van der Waals surface area contributed by atoms with Crippen molar-refractivity contribution in [3.63, 3.8) is 0 Å². The molecule has 0 saturated carbocycles.